The molecule has 110 valence electrons. The molecular formula is C18H27NO. The summed E-state index contributed by atoms with van der Waals surface area (Å²) in [6.07, 6.45) is 6.04. The van der Waals surface area contributed by atoms with Crippen LogP contribution in [-0.4, -0.2) is 19.2 Å². The van der Waals surface area contributed by atoms with Gasteiger partial charge in [0, 0.05) is 12.6 Å². The molecule has 0 aromatic heterocycles. The van der Waals surface area contributed by atoms with E-state index >= 15 is 0 Å². The highest BCUT2D eigenvalue weighted by Gasteiger charge is 2.20. The van der Waals surface area contributed by atoms with Gasteiger partial charge >= 0.3 is 0 Å². The highest BCUT2D eigenvalue weighted by molar-refractivity contribution is 5.54. The minimum absolute atomic E-state index is 0.581. The van der Waals surface area contributed by atoms with Gasteiger partial charge in [-0.15, -0.1) is 0 Å². The van der Waals surface area contributed by atoms with E-state index in [-0.39, 0.29) is 0 Å². The maximum Gasteiger partial charge on any atom is 0.119 e. The lowest BCUT2D eigenvalue weighted by Crippen LogP contribution is -2.21. The third kappa shape index (κ3) is 5.01. The van der Waals surface area contributed by atoms with Gasteiger partial charge in [-0.05, 0) is 42.9 Å². The number of ether oxygens (including phenoxy) is 1. The van der Waals surface area contributed by atoms with Gasteiger partial charge in [0.15, 0.2) is 0 Å². The zero-order chi connectivity index (χ0) is 14.4. The van der Waals surface area contributed by atoms with Crippen LogP contribution in [0.15, 0.2) is 29.8 Å². The fraction of sp³-hybridized carbons (Fsp3) is 0.556. The molecule has 1 N–H and O–H groups in total. The standard InChI is InChI=1S/C18H27NO/c1-4-11-20-18-9-5-15(6-10-18)12-16(14(2)3)13-19-17-7-8-17/h5-6,9-10,12,14,17,19H,4,7-8,11,13H2,1-3H3. The summed E-state index contributed by atoms with van der Waals surface area (Å²) in [6, 6.07) is 9.18. The van der Waals surface area contributed by atoms with E-state index in [1.807, 2.05) is 0 Å². The van der Waals surface area contributed by atoms with Gasteiger partial charge in [-0.2, -0.15) is 0 Å². The molecule has 1 aliphatic carbocycles. The molecule has 0 radical (unpaired) electrons. The van der Waals surface area contributed by atoms with Crippen LogP contribution in [0.4, 0.5) is 0 Å². The number of nitrogens with one attached hydrogen (secondary N) is 1. The fourth-order valence-corrected chi connectivity index (χ4v) is 2.07. The molecule has 1 aliphatic rings. The molecule has 20 heavy (non-hydrogen) atoms. The largest absolute Gasteiger partial charge is 0.494 e. The van der Waals surface area contributed by atoms with Crippen LogP contribution < -0.4 is 10.1 Å². The van der Waals surface area contributed by atoms with Crippen LogP contribution in [0.25, 0.3) is 6.08 Å². The van der Waals surface area contributed by atoms with Crippen molar-refractivity contribution in [3.63, 3.8) is 0 Å². The van der Waals surface area contributed by atoms with E-state index in [4.69, 9.17) is 4.74 Å². The van der Waals surface area contributed by atoms with E-state index in [0.717, 1.165) is 31.4 Å². The third-order valence-electron chi connectivity index (χ3n) is 3.62. The highest BCUT2D eigenvalue weighted by atomic mass is 16.5. The second-order valence-corrected chi connectivity index (χ2v) is 5.95. The smallest absolute Gasteiger partial charge is 0.119 e. The number of hydrogen-bond acceptors (Lipinski definition) is 2. The number of hydrogen-bond donors (Lipinski definition) is 1. The Morgan fingerprint density at radius 2 is 2.00 bits per heavy atom. The molecule has 2 rings (SSSR count). The molecule has 0 spiro atoms. The Kier molecular flexibility index (Phi) is 5.66. The van der Waals surface area contributed by atoms with Gasteiger partial charge in [-0.1, -0.05) is 44.6 Å². The summed E-state index contributed by atoms with van der Waals surface area (Å²) in [5.74, 6) is 1.54. The van der Waals surface area contributed by atoms with Gasteiger partial charge in [-0.25, -0.2) is 0 Å². The van der Waals surface area contributed by atoms with Gasteiger partial charge in [0.25, 0.3) is 0 Å². The predicted octanol–water partition coefficient (Wildman–Crippen LogP) is 4.27. The van der Waals surface area contributed by atoms with Crippen molar-refractivity contribution in [2.45, 2.75) is 46.1 Å². The van der Waals surface area contributed by atoms with E-state index in [2.05, 4.69) is 56.4 Å². The topological polar surface area (TPSA) is 21.3 Å². The highest BCUT2D eigenvalue weighted by Crippen LogP contribution is 2.21. The molecule has 0 unspecified atom stereocenters. The quantitative estimate of drug-likeness (QED) is 0.764. The lowest BCUT2D eigenvalue weighted by atomic mass is 10.00. The lowest BCUT2D eigenvalue weighted by Gasteiger charge is -2.13. The van der Waals surface area contributed by atoms with Crippen molar-refractivity contribution in [2.24, 2.45) is 5.92 Å². The molecule has 0 amide bonds. The molecule has 1 aromatic carbocycles. The molecule has 0 heterocycles. The zero-order valence-electron chi connectivity index (χ0n) is 13.0. The molecule has 1 fully saturated rings. The molecule has 0 bridgehead atoms. The Balaban J connectivity index is 1.97. The van der Waals surface area contributed by atoms with Crippen LogP contribution in [-0.2, 0) is 0 Å². The van der Waals surface area contributed by atoms with Crippen LogP contribution in [0, 0.1) is 5.92 Å². The van der Waals surface area contributed by atoms with Crippen LogP contribution in [0.1, 0.15) is 45.6 Å². The lowest BCUT2D eigenvalue weighted by molar-refractivity contribution is 0.317. The summed E-state index contributed by atoms with van der Waals surface area (Å²) in [4.78, 5) is 0. The van der Waals surface area contributed by atoms with E-state index in [9.17, 15) is 0 Å². The van der Waals surface area contributed by atoms with Gasteiger partial charge in [-0.3, -0.25) is 0 Å². The van der Waals surface area contributed by atoms with E-state index in [1.54, 1.807) is 0 Å². The average molecular weight is 273 g/mol. The average Bonchev–Trinajstić information content (AvgIpc) is 3.26. The van der Waals surface area contributed by atoms with Crippen molar-refractivity contribution in [2.75, 3.05) is 13.2 Å². The molecule has 2 heteroatoms. The summed E-state index contributed by atoms with van der Waals surface area (Å²) in [5.41, 5.74) is 2.73. The SMILES string of the molecule is CCCOc1ccc(C=C(CNC2CC2)C(C)C)cc1. The summed E-state index contributed by atoms with van der Waals surface area (Å²) >= 11 is 0. The van der Waals surface area contributed by atoms with Crippen molar-refractivity contribution < 1.29 is 4.74 Å². The van der Waals surface area contributed by atoms with Crippen molar-refractivity contribution in [1.29, 1.82) is 0 Å². The summed E-state index contributed by atoms with van der Waals surface area (Å²) in [7, 11) is 0. The Morgan fingerprint density at radius 1 is 1.30 bits per heavy atom. The molecule has 0 aliphatic heterocycles. The molecule has 0 atom stereocenters. The third-order valence-corrected chi connectivity index (χ3v) is 3.62. The first kappa shape index (κ1) is 15.1. The van der Waals surface area contributed by atoms with Crippen LogP contribution in [0.3, 0.4) is 0 Å². The Hall–Kier alpha value is -1.28. The fourth-order valence-electron chi connectivity index (χ4n) is 2.07. The normalized spacial score (nSPS) is 15.7. The Bertz CT molecular complexity index is 429. The first-order chi connectivity index (χ1) is 9.69. The van der Waals surface area contributed by atoms with Gasteiger partial charge in [0.2, 0.25) is 0 Å². The van der Waals surface area contributed by atoms with Crippen molar-refractivity contribution >= 4 is 6.08 Å². The summed E-state index contributed by atoms with van der Waals surface area (Å²) < 4.78 is 5.62. The van der Waals surface area contributed by atoms with Crippen LogP contribution >= 0.6 is 0 Å². The Labute approximate surface area is 123 Å². The molecule has 1 saturated carbocycles. The minimum atomic E-state index is 0.581. The second kappa shape index (κ2) is 7.49. The van der Waals surface area contributed by atoms with Gasteiger partial charge in [0.05, 0.1) is 6.61 Å². The number of benzene rings is 1. The molecule has 1 aromatic rings. The Morgan fingerprint density at radius 3 is 2.55 bits per heavy atom. The number of rotatable bonds is 8. The van der Waals surface area contributed by atoms with Crippen molar-refractivity contribution in [1.82, 2.24) is 5.32 Å². The molecule has 2 nitrogen and oxygen atoms in total. The summed E-state index contributed by atoms with van der Waals surface area (Å²) in [6.45, 7) is 8.45. The maximum absolute atomic E-state index is 5.62. The van der Waals surface area contributed by atoms with Gasteiger partial charge in [0.1, 0.15) is 5.75 Å². The maximum atomic E-state index is 5.62. The minimum Gasteiger partial charge on any atom is -0.494 e. The first-order valence-corrected chi connectivity index (χ1v) is 7.85. The molecule has 0 saturated heterocycles. The summed E-state index contributed by atoms with van der Waals surface area (Å²) in [5, 5.41) is 3.60. The first-order valence-electron chi connectivity index (χ1n) is 7.85. The van der Waals surface area contributed by atoms with Crippen molar-refractivity contribution in [3.05, 3.63) is 35.4 Å². The van der Waals surface area contributed by atoms with Gasteiger partial charge < -0.3 is 10.1 Å². The van der Waals surface area contributed by atoms with Crippen molar-refractivity contribution in [3.8, 4) is 5.75 Å². The zero-order valence-corrected chi connectivity index (χ0v) is 13.0. The van der Waals surface area contributed by atoms with E-state index < -0.39 is 0 Å². The van der Waals surface area contributed by atoms with Crippen LogP contribution in [0.2, 0.25) is 0 Å². The second-order valence-electron chi connectivity index (χ2n) is 5.95. The van der Waals surface area contributed by atoms with Crippen LogP contribution in [0.5, 0.6) is 5.75 Å². The van der Waals surface area contributed by atoms with E-state index in [1.165, 1.54) is 24.0 Å². The van der Waals surface area contributed by atoms with E-state index in [0.29, 0.717) is 5.92 Å². The molecular weight excluding hydrogens is 246 g/mol. The predicted molar refractivity (Wildman–Crippen MR) is 86.1 cm³/mol. The monoisotopic (exact) mass is 273 g/mol.